The topological polar surface area (TPSA) is 77.8 Å². The molecule has 0 fully saturated rings. The SMILES string of the molecule is O=C(O)C(F)(F)[C@@](F)(C(=O)O)N(F)F. The van der Waals surface area contributed by atoms with E-state index in [0.29, 0.717) is 0 Å². The summed E-state index contributed by atoms with van der Waals surface area (Å²) in [5.74, 6) is -18.0. The fraction of sp³-hybridized carbons (Fsp3) is 0.500. The first-order valence-electron chi connectivity index (χ1n) is 2.73. The highest BCUT2D eigenvalue weighted by molar-refractivity contribution is 5.88. The number of carboxylic acid groups (broad SMARTS) is 2. The number of halogens is 5. The van der Waals surface area contributed by atoms with Gasteiger partial charge in [0.25, 0.3) is 0 Å². The first kappa shape index (κ1) is 12.5. The molecule has 0 aliphatic rings. The average molecular weight is 223 g/mol. The van der Waals surface area contributed by atoms with Gasteiger partial charge in [-0.3, -0.25) is 0 Å². The molecule has 0 saturated carbocycles. The van der Waals surface area contributed by atoms with Gasteiger partial charge in [-0.2, -0.15) is 13.2 Å². The molecule has 5 nitrogen and oxygen atoms in total. The Bertz CT molecular complexity index is 268. The summed E-state index contributed by atoms with van der Waals surface area (Å²) in [5, 5.41) is 12.4. The largest absolute Gasteiger partial charge is 0.478 e. The Morgan fingerprint density at radius 2 is 1.36 bits per heavy atom. The third-order valence-corrected chi connectivity index (χ3v) is 1.20. The van der Waals surface area contributed by atoms with Gasteiger partial charge in [-0.05, 0) is 0 Å². The van der Waals surface area contributed by atoms with E-state index in [9.17, 15) is 31.7 Å². The lowest BCUT2D eigenvalue weighted by molar-refractivity contribution is -0.330. The lowest BCUT2D eigenvalue weighted by atomic mass is 10.1. The molecule has 0 unspecified atom stereocenters. The monoisotopic (exact) mass is 223 g/mol. The predicted molar refractivity (Wildman–Crippen MR) is 28.1 cm³/mol. The van der Waals surface area contributed by atoms with E-state index in [1.54, 1.807) is 0 Å². The first-order valence-corrected chi connectivity index (χ1v) is 2.73. The summed E-state index contributed by atoms with van der Waals surface area (Å²) >= 11 is 0. The van der Waals surface area contributed by atoms with Gasteiger partial charge in [0.2, 0.25) is 0 Å². The molecule has 10 heteroatoms. The van der Waals surface area contributed by atoms with Crippen molar-refractivity contribution in [3.05, 3.63) is 0 Å². The van der Waals surface area contributed by atoms with E-state index in [1.165, 1.54) is 0 Å². The normalized spacial score (nSPS) is 16.4. The zero-order chi connectivity index (χ0) is 11.7. The molecule has 0 radical (unpaired) electrons. The molecule has 0 aliphatic carbocycles. The molecule has 0 heterocycles. The van der Waals surface area contributed by atoms with Gasteiger partial charge in [0, 0.05) is 0 Å². The van der Waals surface area contributed by atoms with E-state index in [-0.39, 0.29) is 0 Å². The Morgan fingerprint density at radius 1 is 1.00 bits per heavy atom. The highest BCUT2D eigenvalue weighted by Crippen LogP contribution is 2.37. The minimum Gasteiger partial charge on any atom is -0.478 e. The van der Waals surface area contributed by atoms with Gasteiger partial charge in [-0.15, -0.1) is 0 Å². The van der Waals surface area contributed by atoms with E-state index < -0.39 is 29.0 Å². The van der Waals surface area contributed by atoms with Crippen LogP contribution in [0.15, 0.2) is 0 Å². The Balaban J connectivity index is 5.43. The number of rotatable bonds is 4. The number of carboxylic acids is 2. The summed E-state index contributed by atoms with van der Waals surface area (Å²) in [5.41, 5.74) is 0. The van der Waals surface area contributed by atoms with Gasteiger partial charge in [0.15, 0.2) is 0 Å². The van der Waals surface area contributed by atoms with Gasteiger partial charge >= 0.3 is 23.7 Å². The fourth-order valence-corrected chi connectivity index (χ4v) is 0.454. The Hall–Kier alpha value is -1.45. The Morgan fingerprint density at radius 3 is 1.43 bits per heavy atom. The summed E-state index contributed by atoms with van der Waals surface area (Å²) in [6.07, 6.45) is 0. The smallest absolute Gasteiger partial charge is 0.405 e. The van der Waals surface area contributed by atoms with Crippen LogP contribution >= 0.6 is 0 Å². The molecule has 0 rings (SSSR count). The summed E-state index contributed by atoms with van der Waals surface area (Å²) in [7, 11) is 0. The van der Waals surface area contributed by atoms with Crippen LogP contribution in [0.25, 0.3) is 0 Å². The molecule has 0 bridgehead atoms. The maximum Gasteiger partial charge on any atom is 0.405 e. The number of alkyl halides is 3. The van der Waals surface area contributed by atoms with Crippen molar-refractivity contribution in [2.45, 2.75) is 11.7 Å². The van der Waals surface area contributed by atoms with E-state index in [0.717, 1.165) is 0 Å². The van der Waals surface area contributed by atoms with Crippen molar-refractivity contribution in [3.8, 4) is 0 Å². The van der Waals surface area contributed by atoms with Crippen LogP contribution in [-0.2, 0) is 9.59 Å². The fourth-order valence-electron chi connectivity index (χ4n) is 0.454. The molecule has 0 aromatic heterocycles. The lowest BCUT2D eigenvalue weighted by Crippen LogP contribution is -2.61. The molecular weight excluding hydrogens is 221 g/mol. The zero-order valence-corrected chi connectivity index (χ0v) is 6.05. The van der Waals surface area contributed by atoms with Crippen molar-refractivity contribution in [3.63, 3.8) is 0 Å². The van der Waals surface area contributed by atoms with Crippen molar-refractivity contribution in [1.82, 2.24) is 5.34 Å². The van der Waals surface area contributed by atoms with Crippen molar-refractivity contribution in [2.24, 2.45) is 0 Å². The molecule has 2 N–H and O–H groups in total. The number of carbonyl (C=O) groups is 2. The van der Waals surface area contributed by atoms with E-state index in [4.69, 9.17) is 10.2 Å². The predicted octanol–water partition coefficient (Wildman–Crippen LogP) is 0.528. The minimum atomic E-state index is -5.78. The van der Waals surface area contributed by atoms with E-state index in [2.05, 4.69) is 0 Å². The molecule has 0 saturated heterocycles. The average Bonchev–Trinajstić information content (AvgIpc) is 2.01. The quantitative estimate of drug-likeness (QED) is 0.413. The number of hydrogen-bond donors (Lipinski definition) is 2. The molecule has 82 valence electrons. The number of aliphatic carboxylic acids is 2. The van der Waals surface area contributed by atoms with E-state index >= 15 is 0 Å². The summed E-state index contributed by atoms with van der Waals surface area (Å²) < 4.78 is 60.0. The van der Waals surface area contributed by atoms with Crippen LogP contribution in [-0.4, -0.2) is 39.2 Å². The van der Waals surface area contributed by atoms with Gasteiger partial charge in [-0.1, -0.05) is 8.96 Å². The first-order chi connectivity index (χ1) is 6.08. The van der Waals surface area contributed by atoms with Gasteiger partial charge in [0.1, 0.15) is 0 Å². The van der Waals surface area contributed by atoms with Crippen LogP contribution in [0.4, 0.5) is 22.1 Å². The second-order valence-electron chi connectivity index (χ2n) is 2.04. The van der Waals surface area contributed by atoms with Gasteiger partial charge in [-0.25, -0.2) is 9.59 Å². The highest BCUT2D eigenvalue weighted by Gasteiger charge is 2.72. The maximum absolute atomic E-state index is 12.5. The van der Waals surface area contributed by atoms with Crippen LogP contribution < -0.4 is 0 Å². The molecule has 0 spiro atoms. The van der Waals surface area contributed by atoms with Crippen molar-refractivity contribution < 1.29 is 41.9 Å². The van der Waals surface area contributed by atoms with Crippen LogP contribution in [0, 0.1) is 0 Å². The molecule has 0 amide bonds. The van der Waals surface area contributed by atoms with Crippen LogP contribution in [0.5, 0.6) is 0 Å². The second kappa shape index (κ2) is 3.36. The van der Waals surface area contributed by atoms with Crippen LogP contribution in [0.1, 0.15) is 0 Å². The standard InChI is InChI=1S/C4H2F5NO4/c5-3(6,1(11)12)4(7,2(13)14)10(8)9/h(H,11,12)(H,13,14)/t4-/m1/s1. The lowest BCUT2D eigenvalue weighted by Gasteiger charge is -2.25. The Kier molecular flexibility index (Phi) is 3.02. The third-order valence-electron chi connectivity index (χ3n) is 1.20. The molecular formula is C4H2F5NO4. The van der Waals surface area contributed by atoms with Crippen LogP contribution in [0.2, 0.25) is 0 Å². The Labute approximate surface area is 72.2 Å². The molecule has 0 aromatic rings. The summed E-state index contributed by atoms with van der Waals surface area (Å²) in [4.78, 5) is 19.4. The van der Waals surface area contributed by atoms with Crippen LogP contribution in [0.3, 0.4) is 0 Å². The summed E-state index contributed by atoms with van der Waals surface area (Å²) in [6, 6.07) is 0. The third kappa shape index (κ3) is 1.47. The molecule has 1 atom stereocenters. The molecule has 14 heavy (non-hydrogen) atoms. The number of hydrogen-bond acceptors (Lipinski definition) is 3. The van der Waals surface area contributed by atoms with Crippen molar-refractivity contribution in [2.75, 3.05) is 0 Å². The highest BCUT2D eigenvalue weighted by atomic mass is 19.4. The number of nitrogens with zero attached hydrogens (tertiary/aromatic N) is 1. The van der Waals surface area contributed by atoms with Crippen molar-refractivity contribution >= 4 is 11.9 Å². The zero-order valence-electron chi connectivity index (χ0n) is 6.05. The second-order valence-corrected chi connectivity index (χ2v) is 2.04. The van der Waals surface area contributed by atoms with E-state index in [1.807, 2.05) is 0 Å². The maximum atomic E-state index is 12.5. The molecule has 0 aliphatic heterocycles. The van der Waals surface area contributed by atoms with Crippen molar-refractivity contribution in [1.29, 1.82) is 0 Å². The summed E-state index contributed by atoms with van der Waals surface area (Å²) in [6.45, 7) is 0. The molecule has 0 aromatic carbocycles. The minimum absolute atomic E-state index is 3.01. The van der Waals surface area contributed by atoms with Gasteiger partial charge < -0.3 is 10.2 Å². The van der Waals surface area contributed by atoms with Gasteiger partial charge in [0.05, 0.1) is 5.34 Å².